The van der Waals surface area contributed by atoms with Crippen molar-refractivity contribution < 1.29 is 0 Å². The lowest BCUT2D eigenvalue weighted by Gasteiger charge is -2.26. The van der Waals surface area contributed by atoms with E-state index in [2.05, 4.69) is 16.5 Å². The quantitative estimate of drug-likeness (QED) is 0.560. The van der Waals surface area contributed by atoms with E-state index >= 15 is 0 Å². The van der Waals surface area contributed by atoms with Gasteiger partial charge in [0.15, 0.2) is 0 Å². The van der Waals surface area contributed by atoms with E-state index in [0.29, 0.717) is 6.04 Å². The van der Waals surface area contributed by atoms with Crippen LogP contribution in [0.3, 0.4) is 0 Å². The van der Waals surface area contributed by atoms with Crippen LogP contribution in [0.5, 0.6) is 0 Å². The third-order valence-corrected chi connectivity index (χ3v) is 1.61. The second-order valence-corrected chi connectivity index (χ2v) is 2.23. The zero-order valence-electron chi connectivity index (χ0n) is 5.04. The molecule has 1 aliphatic rings. The lowest BCUT2D eigenvalue weighted by atomic mass is 10.2. The number of rotatable bonds is 1. The van der Waals surface area contributed by atoms with Crippen molar-refractivity contribution in [2.45, 2.75) is 6.04 Å². The van der Waals surface area contributed by atoms with Crippen molar-refractivity contribution in [3.05, 3.63) is 18.5 Å². The molecule has 0 spiro atoms. The van der Waals surface area contributed by atoms with Gasteiger partial charge in [-0.3, -0.25) is 4.68 Å². The molecule has 0 aliphatic carbocycles. The Kier molecular flexibility index (Phi) is 1.02. The summed E-state index contributed by atoms with van der Waals surface area (Å²) >= 11 is 0. The molecule has 3 heteroatoms. The molecule has 1 saturated heterocycles. The van der Waals surface area contributed by atoms with Crippen LogP contribution in [0.2, 0.25) is 0 Å². The van der Waals surface area contributed by atoms with Gasteiger partial charge in [0.05, 0.1) is 12.2 Å². The van der Waals surface area contributed by atoms with E-state index in [4.69, 9.17) is 0 Å². The molecular weight excluding hydrogens is 114 g/mol. The van der Waals surface area contributed by atoms with Crippen LogP contribution < -0.4 is 5.32 Å². The van der Waals surface area contributed by atoms with E-state index in [1.54, 1.807) is 6.20 Å². The van der Waals surface area contributed by atoms with Crippen molar-refractivity contribution in [2.75, 3.05) is 13.1 Å². The topological polar surface area (TPSA) is 29.9 Å². The van der Waals surface area contributed by atoms with Crippen LogP contribution in [-0.2, 0) is 0 Å². The summed E-state index contributed by atoms with van der Waals surface area (Å²) in [4.78, 5) is 0. The molecule has 2 heterocycles. The van der Waals surface area contributed by atoms with Gasteiger partial charge >= 0.3 is 0 Å². The number of nitrogens with one attached hydrogen (secondary N) is 1. The summed E-state index contributed by atoms with van der Waals surface area (Å²) in [5.74, 6) is 0. The van der Waals surface area contributed by atoms with Crippen molar-refractivity contribution in [1.29, 1.82) is 0 Å². The molecule has 9 heavy (non-hydrogen) atoms. The first-order valence-electron chi connectivity index (χ1n) is 3.08. The molecule has 1 aromatic rings. The zero-order valence-corrected chi connectivity index (χ0v) is 5.04. The zero-order chi connectivity index (χ0) is 6.10. The molecule has 1 radical (unpaired) electrons. The van der Waals surface area contributed by atoms with Crippen LogP contribution in [0.25, 0.3) is 0 Å². The van der Waals surface area contributed by atoms with Crippen molar-refractivity contribution in [1.82, 2.24) is 15.1 Å². The fraction of sp³-hybridized carbons (Fsp3) is 0.500. The molecule has 2 rings (SSSR count). The Hall–Kier alpha value is -0.830. The summed E-state index contributed by atoms with van der Waals surface area (Å²) in [6.45, 7) is 2.10. The summed E-state index contributed by atoms with van der Waals surface area (Å²) in [5.41, 5.74) is 0. The Labute approximate surface area is 53.7 Å². The van der Waals surface area contributed by atoms with Crippen LogP contribution in [0.1, 0.15) is 6.04 Å². The van der Waals surface area contributed by atoms with Gasteiger partial charge in [0, 0.05) is 25.4 Å². The number of hydrogen-bond acceptors (Lipinski definition) is 2. The molecule has 0 unspecified atom stereocenters. The van der Waals surface area contributed by atoms with Crippen LogP contribution >= 0.6 is 0 Å². The van der Waals surface area contributed by atoms with E-state index in [0.717, 1.165) is 13.1 Å². The number of aromatic nitrogens is 2. The second-order valence-electron chi connectivity index (χ2n) is 2.23. The Balaban J connectivity index is 2.14. The minimum Gasteiger partial charge on any atom is -0.312 e. The van der Waals surface area contributed by atoms with Crippen molar-refractivity contribution in [2.24, 2.45) is 0 Å². The van der Waals surface area contributed by atoms with Gasteiger partial charge in [-0.25, -0.2) is 0 Å². The summed E-state index contributed by atoms with van der Waals surface area (Å²) in [7, 11) is 0. The monoisotopic (exact) mass is 122 g/mol. The van der Waals surface area contributed by atoms with E-state index in [1.807, 2.05) is 10.9 Å². The van der Waals surface area contributed by atoms with Crippen molar-refractivity contribution in [3.8, 4) is 0 Å². The van der Waals surface area contributed by atoms with E-state index < -0.39 is 0 Å². The molecule has 0 amide bonds. The third-order valence-electron chi connectivity index (χ3n) is 1.61. The van der Waals surface area contributed by atoms with Gasteiger partial charge in [-0.15, -0.1) is 0 Å². The Morgan fingerprint density at radius 3 is 3.00 bits per heavy atom. The van der Waals surface area contributed by atoms with Gasteiger partial charge in [-0.2, -0.15) is 5.10 Å². The Morgan fingerprint density at radius 2 is 2.56 bits per heavy atom. The highest BCUT2D eigenvalue weighted by atomic mass is 15.3. The average Bonchev–Trinajstić information content (AvgIpc) is 2.11. The molecule has 1 aliphatic heterocycles. The molecule has 47 valence electrons. The van der Waals surface area contributed by atoms with Crippen molar-refractivity contribution >= 4 is 0 Å². The summed E-state index contributed by atoms with van der Waals surface area (Å²) < 4.78 is 1.94. The molecule has 1 fully saturated rings. The summed E-state index contributed by atoms with van der Waals surface area (Å²) in [6.07, 6.45) is 3.57. The summed E-state index contributed by atoms with van der Waals surface area (Å²) in [5, 5.41) is 7.23. The second kappa shape index (κ2) is 1.84. The maximum absolute atomic E-state index is 4.06. The van der Waals surface area contributed by atoms with Gasteiger partial charge in [-0.05, 0) is 0 Å². The van der Waals surface area contributed by atoms with Gasteiger partial charge in [0.1, 0.15) is 0 Å². The lowest BCUT2D eigenvalue weighted by molar-refractivity contribution is 0.318. The van der Waals surface area contributed by atoms with E-state index in [1.165, 1.54) is 0 Å². The molecule has 0 saturated carbocycles. The molecule has 0 bridgehead atoms. The highest BCUT2D eigenvalue weighted by Crippen LogP contribution is 2.07. The van der Waals surface area contributed by atoms with Crippen molar-refractivity contribution in [3.63, 3.8) is 0 Å². The minimum absolute atomic E-state index is 0.580. The fourth-order valence-corrected chi connectivity index (χ4v) is 0.903. The maximum Gasteiger partial charge on any atom is 0.0767 e. The molecule has 0 atom stereocenters. The molecular formula is C6H8N3. The maximum atomic E-state index is 4.06. The average molecular weight is 122 g/mol. The highest BCUT2D eigenvalue weighted by molar-refractivity contribution is 4.85. The van der Waals surface area contributed by atoms with Crippen LogP contribution in [-0.4, -0.2) is 22.9 Å². The lowest BCUT2D eigenvalue weighted by Crippen LogP contribution is -2.43. The van der Waals surface area contributed by atoms with Gasteiger partial charge in [0.2, 0.25) is 0 Å². The van der Waals surface area contributed by atoms with Crippen LogP contribution in [0, 0.1) is 6.07 Å². The van der Waals surface area contributed by atoms with E-state index in [9.17, 15) is 0 Å². The van der Waals surface area contributed by atoms with Crippen LogP contribution in [0.4, 0.5) is 0 Å². The first-order valence-corrected chi connectivity index (χ1v) is 3.08. The smallest absolute Gasteiger partial charge is 0.0767 e. The number of nitrogens with zero attached hydrogens (tertiary/aromatic N) is 2. The number of hydrogen-bond donors (Lipinski definition) is 1. The van der Waals surface area contributed by atoms with E-state index in [-0.39, 0.29) is 0 Å². The fourth-order valence-electron chi connectivity index (χ4n) is 0.903. The predicted octanol–water partition coefficient (Wildman–Crippen LogP) is -0.172. The predicted molar refractivity (Wildman–Crippen MR) is 33.0 cm³/mol. The van der Waals surface area contributed by atoms with Gasteiger partial charge in [0.25, 0.3) is 0 Å². The first-order chi connectivity index (χ1) is 4.47. The van der Waals surface area contributed by atoms with Gasteiger partial charge < -0.3 is 5.32 Å². The Bertz CT molecular complexity index is 176. The van der Waals surface area contributed by atoms with Crippen LogP contribution in [0.15, 0.2) is 12.4 Å². The molecule has 0 aromatic carbocycles. The largest absolute Gasteiger partial charge is 0.312 e. The van der Waals surface area contributed by atoms with Gasteiger partial charge in [-0.1, -0.05) is 0 Å². The minimum atomic E-state index is 0.580. The standard InChI is InChI=1S/C6H8N3/c1-2-8-9(3-1)6-4-7-5-6/h2-3,6-7H,4-5H2. The third kappa shape index (κ3) is 0.733. The summed E-state index contributed by atoms with van der Waals surface area (Å²) in [6, 6.07) is 3.48. The first kappa shape index (κ1) is 4.99. The molecule has 3 nitrogen and oxygen atoms in total. The SMILES string of the molecule is [c]1cnn(C2CNC2)c1. The molecule has 1 aromatic heterocycles. The Morgan fingerprint density at radius 1 is 1.67 bits per heavy atom. The molecule has 1 N–H and O–H groups in total. The highest BCUT2D eigenvalue weighted by Gasteiger charge is 2.17. The normalized spacial score (nSPS) is 19.6.